The molecule has 0 heterocycles. The largest absolute Gasteiger partial charge is 0.275 e. The van der Waals surface area contributed by atoms with Gasteiger partial charge in [0.15, 0.2) is 0 Å². The van der Waals surface area contributed by atoms with Crippen LogP contribution in [0.4, 0.5) is 8.78 Å². The lowest BCUT2D eigenvalue weighted by atomic mass is 10.1. The number of halogens is 2. The molecular formula is C19H20F2N2O2. The normalized spacial score (nSPS) is 11.1. The van der Waals surface area contributed by atoms with Gasteiger partial charge in [-0.1, -0.05) is 24.3 Å². The van der Waals surface area contributed by atoms with Gasteiger partial charge in [0.25, 0.3) is 11.8 Å². The summed E-state index contributed by atoms with van der Waals surface area (Å²) in [4.78, 5) is 25.2. The fourth-order valence-corrected chi connectivity index (χ4v) is 2.26. The van der Waals surface area contributed by atoms with Crippen LogP contribution in [0.5, 0.6) is 0 Å². The number of rotatable bonds is 2. The number of aryl methyl sites for hydroxylation is 1. The predicted molar refractivity (Wildman–Crippen MR) is 90.9 cm³/mol. The van der Waals surface area contributed by atoms with E-state index in [1.807, 2.05) is 0 Å². The SMILES string of the molecule is Cc1ccc(F)c(C(=O)NN(C(=O)c2ccccc2)C(C)(C)C)c1F. The molecule has 0 fully saturated rings. The summed E-state index contributed by atoms with van der Waals surface area (Å²) in [5.41, 5.74) is 1.32. The molecule has 4 nitrogen and oxygen atoms in total. The standard InChI is InChI=1S/C19H20F2N2O2/c1-12-10-11-14(20)15(16(12)21)17(24)22-23(19(2,3)4)18(25)13-8-6-5-7-9-13/h5-11H,1-4H3,(H,22,24). The first-order valence-electron chi connectivity index (χ1n) is 7.78. The van der Waals surface area contributed by atoms with Crippen LogP contribution >= 0.6 is 0 Å². The first kappa shape index (κ1) is 18.6. The van der Waals surface area contributed by atoms with Crippen LogP contribution in [0.15, 0.2) is 42.5 Å². The van der Waals surface area contributed by atoms with Crippen molar-refractivity contribution in [3.63, 3.8) is 0 Å². The Bertz CT molecular complexity index is 799. The fourth-order valence-electron chi connectivity index (χ4n) is 2.26. The van der Waals surface area contributed by atoms with Crippen LogP contribution in [0.3, 0.4) is 0 Å². The quantitative estimate of drug-likeness (QED) is 0.840. The van der Waals surface area contributed by atoms with Crippen molar-refractivity contribution in [1.29, 1.82) is 0 Å². The Kier molecular flexibility index (Phi) is 5.21. The minimum absolute atomic E-state index is 0.142. The van der Waals surface area contributed by atoms with Gasteiger partial charge in [-0.3, -0.25) is 15.0 Å². The van der Waals surface area contributed by atoms with Crippen LogP contribution in [0.2, 0.25) is 0 Å². The molecule has 0 aliphatic rings. The number of carbonyl (C=O) groups excluding carboxylic acids is 2. The second-order valence-corrected chi connectivity index (χ2v) is 6.67. The lowest BCUT2D eigenvalue weighted by Crippen LogP contribution is -2.56. The summed E-state index contributed by atoms with van der Waals surface area (Å²) in [6.45, 7) is 6.55. The van der Waals surface area contributed by atoms with E-state index in [1.165, 1.54) is 13.0 Å². The lowest BCUT2D eigenvalue weighted by molar-refractivity contribution is 0.0355. The summed E-state index contributed by atoms with van der Waals surface area (Å²) in [5.74, 6) is -3.42. The first-order valence-corrected chi connectivity index (χ1v) is 7.78. The van der Waals surface area contributed by atoms with E-state index in [0.29, 0.717) is 5.56 Å². The molecule has 0 aromatic heterocycles. The third-order valence-corrected chi connectivity index (χ3v) is 3.62. The highest BCUT2D eigenvalue weighted by molar-refractivity contribution is 5.99. The highest BCUT2D eigenvalue weighted by Gasteiger charge is 2.31. The Balaban J connectivity index is 2.38. The van der Waals surface area contributed by atoms with Gasteiger partial charge in [0, 0.05) is 5.56 Å². The van der Waals surface area contributed by atoms with Crippen molar-refractivity contribution in [1.82, 2.24) is 10.4 Å². The summed E-state index contributed by atoms with van der Waals surface area (Å²) < 4.78 is 28.1. The van der Waals surface area contributed by atoms with E-state index in [1.54, 1.807) is 51.1 Å². The molecule has 0 radical (unpaired) electrons. The first-order chi connectivity index (χ1) is 11.6. The smallest absolute Gasteiger partial charge is 0.267 e. The molecule has 2 rings (SSSR count). The average molecular weight is 346 g/mol. The van der Waals surface area contributed by atoms with Crippen molar-refractivity contribution in [2.24, 2.45) is 0 Å². The van der Waals surface area contributed by atoms with Gasteiger partial charge in [0.1, 0.15) is 17.2 Å². The molecule has 0 atom stereocenters. The molecule has 25 heavy (non-hydrogen) atoms. The Morgan fingerprint density at radius 1 is 1.00 bits per heavy atom. The number of carbonyl (C=O) groups is 2. The van der Waals surface area contributed by atoms with Gasteiger partial charge in [-0.25, -0.2) is 13.8 Å². The van der Waals surface area contributed by atoms with Gasteiger partial charge in [0.05, 0.1) is 5.54 Å². The van der Waals surface area contributed by atoms with E-state index in [2.05, 4.69) is 5.43 Å². The fraction of sp³-hybridized carbons (Fsp3) is 0.263. The molecule has 0 saturated heterocycles. The lowest BCUT2D eigenvalue weighted by Gasteiger charge is -2.35. The molecule has 0 spiro atoms. The second-order valence-electron chi connectivity index (χ2n) is 6.67. The van der Waals surface area contributed by atoms with Gasteiger partial charge < -0.3 is 0 Å². The maximum absolute atomic E-state index is 14.2. The average Bonchev–Trinajstić information content (AvgIpc) is 2.55. The van der Waals surface area contributed by atoms with Crippen LogP contribution < -0.4 is 5.43 Å². The van der Waals surface area contributed by atoms with E-state index in [4.69, 9.17) is 0 Å². The third-order valence-electron chi connectivity index (χ3n) is 3.62. The molecule has 2 aromatic carbocycles. The molecule has 0 bridgehead atoms. The van der Waals surface area contributed by atoms with Gasteiger partial charge in [-0.15, -0.1) is 0 Å². The summed E-state index contributed by atoms with van der Waals surface area (Å²) >= 11 is 0. The number of nitrogens with one attached hydrogen (secondary N) is 1. The maximum Gasteiger partial charge on any atom is 0.275 e. The molecule has 2 amide bonds. The number of hydrogen-bond acceptors (Lipinski definition) is 2. The Hall–Kier alpha value is -2.76. The Labute approximate surface area is 145 Å². The summed E-state index contributed by atoms with van der Waals surface area (Å²) in [6.07, 6.45) is 0. The van der Waals surface area contributed by atoms with Crippen molar-refractivity contribution in [3.8, 4) is 0 Å². The van der Waals surface area contributed by atoms with Crippen molar-refractivity contribution in [3.05, 3.63) is 70.8 Å². The van der Waals surface area contributed by atoms with E-state index < -0.39 is 34.6 Å². The highest BCUT2D eigenvalue weighted by Crippen LogP contribution is 2.19. The highest BCUT2D eigenvalue weighted by atomic mass is 19.1. The second kappa shape index (κ2) is 7.01. The van der Waals surface area contributed by atoms with Crippen molar-refractivity contribution >= 4 is 11.8 Å². The number of nitrogens with zero attached hydrogens (tertiary/aromatic N) is 1. The monoisotopic (exact) mass is 346 g/mol. The molecule has 0 unspecified atom stereocenters. The zero-order valence-corrected chi connectivity index (χ0v) is 14.6. The molecule has 0 aliphatic carbocycles. The zero-order valence-electron chi connectivity index (χ0n) is 14.6. The van der Waals surface area contributed by atoms with Crippen molar-refractivity contribution in [2.45, 2.75) is 33.2 Å². The number of hydrogen-bond donors (Lipinski definition) is 1. The molecule has 0 aliphatic heterocycles. The number of benzene rings is 2. The molecule has 6 heteroatoms. The Morgan fingerprint density at radius 3 is 2.16 bits per heavy atom. The number of hydrazine groups is 1. The molecular weight excluding hydrogens is 326 g/mol. The van der Waals surface area contributed by atoms with Crippen LogP contribution in [-0.4, -0.2) is 22.4 Å². The van der Waals surface area contributed by atoms with Crippen LogP contribution in [0.1, 0.15) is 47.1 Å². The molecule has 2 aromatic rings. The maximum atomic E-state index is 14.2. The van der Waals surface area contributed by atoms with E-state index in [-0.39, 0.29) is 5.56 Å². The van der Waals surface area contributed by atoms with Crippen molar-refractivity contribution in [2.75, 3.05) is 0 Å². The summed E-state index contributed by atoms with van der Waals surface area (Å²) in [6, 6.07) is 10.6. The summed E-state index contributed by atoms with van der Waals surface area (Å²) in [7, 11) is 0. The van der Waals surface area contributed by atoms with Crippen LogP contribution in [-0.2, 0) is 0 Å². The van der Waals surface area contributed by atoms with E-state index in [9.17, 15) is 18.4 Å². The topological polar surface area (TPSA) is 49.4 Å². The van der Waals surface area contributed by atoms with Crippen molar-refractivity contribution < 1.29 is 18.4 Å². The predicted octanol–water partition coefficient (Wildman–Crippen LogP) is 3.86. The van der Waals surface area contributed by atoms with Gasteiger partial charge in [-0.2, -0.15) is 0 Å². The minimum atomic E-state index is -1.02. The molecule has 1 N–H and O–H groups in total. The zero-order chi connectivity index (χ0) is 18.8. The van der Waals surface area contributed by atoms with E-state index >= 15 is 0 Å². The number of amides is 2. The van der Waals surface area contributed by atoms with Crippen LogP contribution in [0.25, 0.3) is 0 Å². The van der Waals surface area contributed by atoms with E-state index in [0.717, 1.165) is 11.1 Å². The van der Waals surface area contributed by atoms with Gasteiger partial charge in [0.2, 0.25) is 0 Å². The Morgan fingerprint density at radius 2 is 1.60 bits per heavy atom. The summed E-state index contributed by atoms with van der Waals surface area (Å²) in [5, 5.41) is 1.08. The third kappa shape index (κ3) is 4.02. The minimum Gasteiger partial charge on any atom is -0.267 e. The molecule has 132 valence electrons. The van der Waals surface area contributed by atoms with Gasteiger partial charge in [-0.05, 0) is 51.5 Å². The van der Waals surface area contributed by atoms with Crippen LogP contribution in [0, 0.1) is 18.6 Å². The van der Waals surface area contributed by atoms with Gasteiger partial charge >= 0.3 is 0 Å². The molecule has 0 saturated carbocycles.